The van der Waals surface area contributed by atoms with Crippen molar-refractivity contribution < 1.29 is 9.32 Å². The molecule has 1 aromatic heterocycles. The van der Waals surface area contributed by atoms with Crippen LogP contribution < -0.4 is 5.32 Å². The van der Waals surface area contributed by atoms with Crippen molar-refractivity contribution >= 4 is 6.03 Å². The Bertz CT molecular complexity index is 398. The van der Waals surface area contributed by atoms with Gasteiger partial charge in [0.2, 0.25) is 5.89 Å². The van der Waals surface area contributed by atoms with Crippen molar-refractivity contribution in [3.05, 3.63) is 11.7 Å². The first-order valence-electron chi connectivity index (χ1n) is 6.23. The molecule has 1 fully saturated rings. The lowest BCUT2D eigenvalue weighted by Gasteiger charge is -2.33. The Kier molecular flexibility index (Phi) is 4.14. The predicted molar refractivity (Wildman–Crippen MR) is 65.0 cm³/mol. The van der Waals surface area contributed by atoms with Crippen LogP contribution >= 0.6 is 0 Å². The van der Waals surface area contributed by atoms with Gasteiger partial charge in [0, 0.05) is 26.2 Å². The smallest absolute Gasteiger partial charge is 0.317 e. The van der Waals surface area contributed by atoms with E-state index < -0.39 is 0 Å². The van der Waals surface area contributed by atoms with Gasteiger partial charge in [-0.3, -0.25) is 0 Å². The van der Waals surface area contributed by atoms with Gasteiger partial charge in [-0.25, -0.2) is 4.79 Å². The maximum atomic E-state index is 11.9. The van der Waals surface area contributed by atoms with E-state index in [2.05, 4.69) is 27.3 Å². The third-order valence-corrected chi connectivity index (χ3v) is 3.07. The molecule has 0 atom stereocenters. The van der Waals surface area contributed by atoms with Crippen molar-refractivity contribution in [2.75, 3.05) is 32.7 Å². The molecule has 100 valence electrons. The Labute approximate surface area is 106 Å². The number of piperazine rings is 1. The average molecular weight is 253 g/mol. The Hall–Kier alpha value is -1.63. The number of aromatic nitrogens is 2. The quantitative estimate of drug-likeness (QED) is 0.834. The van der Waals surface area contributed by atoms with E-state index in [9.17, 15) is 4.79 Å². The Morgan fingerprint density at radius 2 is 2.11 bits per heavy atom. The highest BCUT2D eigenvalue weighted by atomic mass is 16.5. The Balaban J connectivity index is 1.75. The molecule has 2 rings (SSSR count). The standard InChI is InChI=1S/C11H19N5O2/c1-3-15-4-6-16(7-5-15)11(17)12-8-10-13-9(2)14-18-10/h3-8H2,1-2H3,(H,12,17). The van der Waals surface area contributed by atoms with E-state index in [0.717, 1.165) is 32.7 Å². The van der Waals surface area contributed by atoms with E-state index >= 15 is 0 Å². The van der Waals surface area contributed by atoms with Crippen LogP contribution in [0.25, 0.3) is 0 Å². The van der Waals surface area contributed by atoms with Crippen molar-refractivity contribution in [2.45, 2.75) is 20.4 Å². The summed E-state index contributed by atoms with van der Waals surface area (Å²) in [5.74, 6) is 1.02. The van der Waals surface area contributed by atoms with E-state index in [-0.39, 0.29) is 12.6 Å². The fraction of sp³-hybridized carbons (Fsp3) is 0.727. The fourth-order valence-electron chi connectivity index (χ4n) is 1.94. The highest BCUT2D eigenvalue weighted by molar-refractivity contribution is 5.74. The number of rotatable bonds is 3. The van der Waals surface area contributed by atoms with Crippen molar-refractivity contribution in [2.24, 2.45) is 0 Å². The molecule has 1 aromatic rings. The first-order chi connectivity index (χ1) is 8.69. The minimum atomic E-state index is -0.0680. The summed E-state index contributed by atoms with van der Waals surface area (Å²) >= 11 is 0. The van der Waals surface area contributed by atoms with Gasteiger partial charge in [0.1, 0.15) is 0 Å². The average Bonchev–Trinajstić information content (AvgIpc) is 2.82. The zero-order valence-corrected chi connectivity index (χ0v) is 10.8. The molecule has 1 saturated heterocycles. The summed E-state index contributed by atoms with van der Waals surface area (Å²) in [7, 11) is 0. The molecular formula is C11H19N5O2. The first-order valence-corrected chi connectivity index (χ1v) is 6.23. The second kappa shape index (κ2) is 5.81. The molecule has 2 amide bonds. The van der Waals surface area contributed by atoms with Crippen LogP contribution in [0.15, 0.2) is 4.52 Å². The maximum absolute atomic E-state index is 11.9. The molecule has 0 saturated carbocycles. The normalized spacial score (nSPS) is 16.9. The topological polar surface area (TPSA) is 74.5 Å². The van der Waals surface area contributed by atoms with Crippen LogP contribution in [0.3, 0.4) is 0 Å². The van der Waals surface area contributed by atoms with Gasteiger partial charge in [0.05, 0.1) is 6.54 Å². The van der Waals surface area contributed by atoms with Gasteiger partial charge in [-0.2, -0.15) is 4.98 Å². The highest BCUT2D eigenvalue weighted by Gasteiger charge is 2.20. The molecule has 7 heteroatoms. The third-order valence-electron chi connectivity index (χ3n) is 3.07. The van der Waals surface area contributed by atoms with Gasteiger partial charge in [-0.1, -0.05) is 12.1 Å². The molecule has 2 heterocycles. The number of aryl methyl sites for hydroxylation is 1. The lowest BCUT2D eigenvalue weighted by atomic mass is 10.3. The molecule has 1 aliphatic rings. The van der Waals surface area contributed by atoms with E-state index in [1.54, 1.807) is 6.92 Å². The van der Waals surface area contributed by atoms with Gasteiger partial charge < -0.3 is 19.6 Å². The number of carbonyl (C=O) groups is 1. The molecule has 0 bridgehead atoms. The van der Waals surface area contributed by atoms with E-state index in [1.165, 1.54) is 0 Å². The summed E-state index contributed by atoms with van der Waals surface area (Å²) < 4.78 is 4.93. The Morgan fingerprint density at radius 3 is 2.67 bits per heavy atom. The summed E-state index contributed by atoms with van der Waals surface area (Å²) in [6, 6.07) is -0.0680. The number of nitrogens with one attached hydrogen (secondary N) is 1. The van der Waals surface area contributed by atoms with Gasteiger partial charge in [0.15, 0.2) is 5.82 Å². The largest absolute Gasteiger partial charge is 0.337 e. The van der Waals surface area contributed by atoms with Crippen LogP contribution in [-0.2, 0) is 6.54 Å². The number of nitrogens with zero attached hydrogens (tertiary/aromatic N) is 4. The van der Waals surface area contributed by atoms with Crippen LogP contribution in [-0.4, -0.2) is 58.7 Å². The van der Waals surface area contributed by atoms with E-state index in [1.807, 2.05) is 4.90 Å². The molecule has 0 unspecified atom stereocenters. The number of urea groups is 1. The van der Waals surface area contributed by atoms with Gasteiger partial charge in [0.25, 0.3) is 0 Å². The molecule has 0 spiro atoms. The van der Waals surface area contributed by atoms with Crippen molar-refractivity contribution in [3.8, 4) is 0 Å². The number of likely N-dealkylation sites (N-methyl/N-ethyl adjacent to an activating group) is 1. The molecule has 0 radical (unpaired) electrons. The Morgan fingerprint density at radius 1 is 1.39 bits per heavy atom. The first kappa shape index (κ1) is 12.8. The predicted octanol–water partition coefficient (Wildman–Crippen LogP) is 0.225. The molecule has 1 aliphatic heterocycles. The van der Waals surface area contributed by atoms with E-state index in [0.29, 0.717) is 11.7 Å². The van der Waals surface area contributed by atoms with Crippen molar-refractivity contribution in [3.63, 3.8) is 0 Å². The number of hydrogen-bond acceptors (Lipinski definition) is 5. The fourth-order valence-corrected chi connectivity index (χ4v) is 1.94. The van der Waals surface area contributed by atoms with Crippen LogP contribution in [0.2, 0.25) is 0 Å². The lowest BCUT2D eigenvalue weighted by Crippen LogP contribution is -2.51. The van der Waals surface area contributed by atoms with Crippen molar-refractivity contribution in [1.82, 2.24) is 25.3 Å². The summed E-state index contributed by atoms with van der Waals surface area (Å²) in [5, 5.41) is 6.46. The maximum Gasteiger partial charge on any atom is 0.317 e. The lowest BCUT2D eigenvalue weighted by molar-refractivity contribution is 0.142. The number of carbonyl (C=O) groups excluding carboxylic acids is 1. The molecule has 0 aliphatic carbocycles. The second-order valence-corrected chi connectivity index (χ2v) is 4.32. The molecule has 1 N–H and O–H groups in total. The third kappa shape index (κ3) is 3.19. The minimum Gasteiger partial charge on any atom is -0.337 e. The van der Waals surface area contributed by atoms with Gasteiger partial charge in [-0.05, 0) is 13.5 Å². The molecular weight excluding hydrogens is 234 g/mol. The molecule has 0 aromatic carbocycles. The van der Waals surface area contributed by atoms with Gasteiger partial charge in [-0.15, -0.1) is 0 Å². The minimum absolute atomic E-state index is 0.0680. The molecule has 18 heavy (non-hydrogen) atoms. The highest BCUT2D eigenvalue weighted by Crippen LogP contribution is 2.02. The van der Waals surface area contributed by atoms with Crippen LogP contribution in [0.5, 0.6) is 0 Å². The monoisotopic (exact) mass is 253 g/mol. The van der Waals surface area contributed by atoms with Crippen LogP contribution in [0.4, 0.5) is 4.79 Å². The van der Waals surface area contributed by atoms with Gasteiger partial charge >= 0.3 is 6.03 Å². The zero-order valence-electron chi connectivity index (χ0n) is 10.8. The second-order valence-electron chi connectivity index (χ2n) is 4.32. The summed E-state index contributed by atoms with van der Waals surface area (Å²) in [5.41, 5.74) is 0. The zero-order chi connectivity index (χ0) is 13.0. The van der Waals surface area contributed by atoms with E-state index in [4.69, 9.17) is 4.52 Å². The SMILES string of the molecule is CCN1CCN(C(=O)NCc2nc(C)no2)CC1. The number of hydrogen-bond donors (Lipinski definition) is 1. The van der Waals surface area contributed by atoms with Crippen LogP contribution in [0.1, 0.15) is 18.6 Å². The summed E-state index contributed by atoms with van der Waals surface area (Å²) in [4.78, 5) is 20.1. The summed E-state index contributed by atoms with van der Waals surface area (Å²) in [6.45, 7) is 8.61. The number of amides is 2. The van der Waals surface area contributed by atoms with Crippen molar-refractivity contribution in [1.29, 1.82) is 0 Å². The van der Waals surface area contributed by atoms with Crippen LogP contribution in [0, 0.1) is 6.92 Å². The molecule has 7 nitrogen and oxygen atoms in total. The summed E-state index contributed by atoms with van der Waals surface area (Å²) in [6.07, 6.45) is 0.